The minimum Gasteiger partial charge on any atom is -0.481 e. The molecule has 2 nitrogen and oxygen atoms in total. The fourth-order valence-electron chi connectivity index (χ4n) is 1.80. The molecule has 0 spiro atoms. The summed E-state index contributed by atoms with van der Waals surface area (Å²) in [6.45, 7) is 6.36. The first kappa shape index (κ1) is 14.1. The van der Waals surface area contributed by atoms with Gasteiger partial charge in [0.1, 0.15) is 0 Å². The van der Waals surface area contributed by atoms with Crippen LogP contribution in [0.4, 0.5) is 0 Å². The summed E-state index contributed by atoms with van der Waals surface area (Å²) in [5.41, 5.74) is 1.13. The largest absolute Gasteiger partial charge is 0.481 e. The van der Waals surface area contributed by atoms with Crippen molar-refractivity contribution in [2.24, 2.45) is 0 Å². The zero-order valence-corrected chi connectivity index (χ0v) is 11.5. The first-order valence-electron chi connectivity index (χ1n) is 6.01. The van der Waals surface area contributed by atoms with Crippen molar-refractivity contribution in [1.29, 1.82) is 0 Å². The summed E-state index contributed by atoms with van der Waals surface area (Å²) in [7, 11) is 0. The lowest BCUT2D eigenvalue weighted by atomic mass is 9.93. The summed E-state index contributed by atoms with van der Waals surface area (Å²) in [5, 5.41) is 9.42. The van der Waals surface area contributed by atoms with Crippen LogP contribution in [0.3, 0.4) is 0 Å². The van der Waals surface area contributed by atoms with E-state index >= 15 is 0 Å². The van der Waals surface area contributed by atoms with E-state index in [-0.39, 0.29) is 12.3 Å². The number of hydrogen-bond donors (Lipinski definition) is 1. The molecule has 0 aliphatic rings. The number of carbonyl (C=O) groups is 1. The molecule has 0 bridgehead atoms. The summed E-state index contributed by atoms with van der Waals surface area (Å²) in [5.74, 6) is -0.594. The second kappa shape index (κ2) is 6.70. The molecule has 1 unspecified atom stereocenters. The third-order valence-corrected chi connectivity index (χ3v) is 3.65. The molecule has 0 aromatic heterocycles. The van der Waals surface area contributed by atoms with Crippen molar-refractivity contribution in [3.63, 3.8) is 0 Å². The molecule has 0 amide bonds. The first-order chi connectivity index (χ1) is 8.02. The van der Waals surface area contributed by atoms with Gasteiger partial charge in [0.15, 0.2) is 0 Å². The van der Waals surface area contributed by atoms with Crippen LogP contribution in [0.5, 0.6) is 0 Å². The van der Waals surface area contributed by atoms with E-state index in [0.29, 0.717) is 5.25 Å². The summed E-state index contributed by atoms with van der Waals surface area (Å²) < 4.78 is 0. The van der Waals surface area contributed by atoms with Crippen LogP contribution < -0.4 is 0 Å². The zero-order valence-electron chi connectivity index (χ0n) is 10.6. The number of hydrogen-bond acceptors (Lipinski definition) is 2. The third kappa shape index (κ3) is 4.82. The maximum atomic E-state index is 10.8. The molecule has 1 aromatic carbocycles. The summed E-state index contributed by atoms with van der Waals surface area (Å²) in [4.78, 5) is 12.0. The maximum Gasteiger partial charge on any atom is 0.303 e. The molecule has 0 heterocycles. The fourth-order valence-corrected chi connectivity index (χ4v) is 2.64. The lowest BCUT2D eigenvalue weighted by molar-refractivity contribution is -0.137. The van der Waals surface area contributed by atoms with Gasteiger partial charge in [0.2, 0.25) is 0 Å². The SMILES string of the molecule is CCC(CC(=O)O)c1ccc(SC(C)C)cc1. The summed E-state index contributed by atoms with van der Waals surface area (Å²) in [6.07, 6.45) is 1.08. The van der Waals surface area contributed by atoms with Crippen LogP contribution in [0.15, 0.2) is 29.2 Å². The van der Waals surface area contributed by atoms with Crippen molar-refractivity contribution in [1.82, 2.24) is 0 Å². The number of thioether (sulfide) groups is 1. The maximum absolute atomic E-state index is 10.8. The van der Waals surface area contributed by atoms with Crippen molar-refractivity contribution < 1.29 is 9.90 Å². The van der Waals surface area contributed by atoms with Crippen molar-refractivity contribution in [2.45, 2.75) is 49.7 Å². The van der Waals surface area contributed by atoms with Crippen LogP contribution in [0.25, 0.3) is 0 Å². The van der Waals surface area contributed by atoms with E-state index in [1.165, 1.54) is 4.90 Å². The standard InChI is InChI=1S/C14H20O2S/c1-4-11(9-14(15)16)12-5-7-13(8-6-12)17-10(2)3/h5-8,10-11H,4,9H2,1-3H3,(H,15,16). The zero-order chi connectivity index (χ0) is 12.8. The number of benzene rings is 1. The van der Waals surface area contributed by atoms with Gasteiger partial charge in [-0.15, -0.1) is 11.8 Å². The molecule has 1 N–H and O–H groups in total. The molecule has 0 aliphatic heterocycles. The number of aliphatic carboxylic acids is 1. The Bertz CT molecular complexity index is 357. The quantitative estimate of drug-likeness (QED) is 0.773. The molecule has 1 rings (SSSR count). The molecule has 17 heavy (non-hydrogen) atoms. The van der Waals surface area contributed by atoms with E-state index in [1.54, 1.807) is 0 Å². The molecular formula is C14H20O2S. The average molecular weight is 252 g/mol. The van der Waals surface area contributed by atoms with Gasteiger partial charge in [-0.2, -0.15) is 0 Å². The molecule has 94 valence electrons. The van der Waals surface area contributed by atoms with Crippen molar-refractivity contribution in [2.75, 3.05) is 0 Å². The Balaban J connectivity index is 2.74. The van der Waals surface area contributed by atoms with Gasteiger partial charge in [-0.25, -0.2) is 0 Å². The Morgan fingerprint density at radius 1 is 1.29 bits per heavy atom. The highest BCUT2D eigenvalue weighted by molar-refractivity contribution is 7.99. The van der Waals surface area contributed by atoms with E-state index in [0.717, 1.165) is 12.0 Å². The van der Waals surface area contributed by atoms with Crippen LogP contribution in [-0.2, 0) is 4.79 Å². The Hall–Kier alpha value is -0.960. The Morgan fingerprint density at radius 2 is 1.88 bits per heavy atom. The predicted molar refractivity (Wildman–Crippen MR) is 72.7 cm³/mol. The van der Waals surface area contributed by atoms with E-state index in [4.69, 9.17) is 5.11 Å². The molecule has 1 aromatic rings. The lowest BCUT2D eigenvalue weighted by Gasteiger charge is -2.13. The minimum atomic E-state index is -0.725. The van der Waals surface area contributed by atoms with Crippen molar-refractivity contribution in [3.8, 4) is 0 Å². The smallest absolute Gasteiger partial charge is 0.303 e. The average Bonchev–Trinajstić information content (AvgIpc) is 2.26. The third-order valence-electron chi connectivity index (χ3n) is 2.64. The molecule has 1 atom stereocenters. The fraction of sp³-hybridized carbons (Fsp3) is 0.500. The van der Waals surface area contributed by atoms with Gasteiger partial charge < -0.3 is 5.11 Å². The number of carboxylic acid groups (broad SMARTS) is 1. The van der Waals surface area contributed by atoms with E-state index < -0.39 is 5.97 Å². The number of carboxylic acids is 1. The van der Waals surface area contributed by atoms with Gasteiger partial charge in [-0.05, 0) is 30.0 Å². The summed E-state index contributed by atoms with van der Waals surface area (Å²) in [6, 6.07) is 8.29. The van der Waals surface area contributed by atoms with Gasteiger partial charge in [-0.1, -0.05) is 32.9 Å². The van der Waals surface area contributed by atoms with Crippen molar-refractivity contribution >= 4 is 17.7 Å². The van der Waals surface area contributed by atoms with Gasteiger partial charge in [-0.3, -0.25) is 4.79 Å². The second-order valence-electron chi connectivity index (χ2n) is 4.44. The monoisotopic (exact) mass is 252 g/mol. The minimum absolute atomic E-state index is 0.130. The highest BCUT2D eigenvalue weighted by atomic mass is 32.2. The topological polar surface area (TPSA) is 37.3 Å². The van der Waals surface area contributed by atoms with Crippen LogP contribution in [-0.4, -0.2) is 16.3 Å². The highest BCUT2D eigenvalue weighted by Crippen LogP contribution is 2.27. The molecular weight excluding hydrogens is 232 g/mol. The van der Waals surface area contributed by atoms with E-state index in [1.807, 2.05) is 18.7 Å². The van der Waals surface area contributed by atoms with E-state index in [2.05, 4.69) is 38.1 Å². The van der Waals surface area contributed by atoms with Crippen molar-refractivity contribution in [3.05, 3.63) is 29.8 Å². The highest BCUT2D eigenvalue weighted by Gasteiger charge is 2.13. The van der Waals surface area contributed by atoms with Gasteiger partial charge in [0.05, 0.1) is 6.42 Å². The molecule has 0 saturated carbocycles. The van der Waals surface area contributed by atoms with Crippen LogP contribution in [0.1, 0.15) is 45.1 Å². The Labute approximate surface area is 107 Å². The molecule has 0 fully saturated rings. The molecule has 0 aliphatic carbocycles. The molecule has 0 radical (unpaired) electrons. The number of rotatable bonds is 6. The predicted octanol–water partition coefficient (Wildman–Crippen LogP) is 4.16. The van der Waals surface area contributed by atoms with Gasteiger partial charge >= 0.3 is 5.97 Å². The Kier molecular flexibility index (Phi) is 5.56. The molecule has 3 heteroatoms. The van der Waals surface area contributed by atoms with Crippen LogP contribution in [0, 0.1) is 0 Å². The molecule has 0 saturated heterocycles. The summed E-state index contributed by atoms with van der Waals surface area (Å²) >= 11 is 1.82. The van der Waals surface area contributed by atoms with Gasteiger partial charge in [0, 0.05) is 10.1 Å². The second-order valence-corrected chi connectivity index (χ2v) is 6.09. The normalized spacial score (nSPS) is 12.7. The first-order valence-corrected chi connectivity index (χ1v) is 6.89. The van der Waals surface area contributed by atoms with E-state index in [9.17, 15) is 4.79 Å². The Morgan fingerprint density at radius 3 is 2.29 bits per heavy atom. The van der Waals surface area contributed by atoms with Gasteiger partial charge in [0.25, 0.3) is 0 Å². The lowest BCUT2D eigenvalue weighted by Crippen LogP contribution is -2.05. The van der Waals surface area contributed by atoms with Crippen LogP contribution in [0.2, 0.25) is 0 Å². The van der Waals surface area contributed by atoms with Crippen LogP contribution >= 0.6 is 11.8 Å².